The van der Waals surface area contributed by atoms with Crippen molar-refractivity contribution in [2.45, 2.75) is 6.61 Å². The topological polar surface area (TPSA) is 25.0 Å². The van der Waals surface area contributed by atoms with Crippen LogP contribution in [0.15, 0.2) is 46.4 Å². The first kappa shape index (κ1) is 10.9. The van der Waals surface area contributed by atoms with Crippen molar-refractivity contribution in [1.82, 2.24) is 4.98 Å². The Morgan fingerprint density at radius 3 is 3.00 bits per heavy atom. The van der Waals surface area contributed by atoms with E-state index >= 15 is 0 Å². The Morgan fingerprint density at radius 1 is 1.24 bits per heavy atom. The maximum atomic E-state index is 5.76. The van der Waals surface area contributed by atoms with Gasteiger partial charge in [0.2, 0.25) is 0 Å². The first-order valence-electron chi connectivity index (χ1n) is 5.24. The Bertz CT molecular complexity index is 643. The Balaban J connectivity index is 1.76. The third-order valence-electron chi connectivity index (χ3n) is 2.53. The summed E-state index contributed by atoms with van der Waals surface area (Å²) in [6, 6.07) is 10.2. The number of hydrogen-bond acceptors (Lipinski definition) is 2. The fourth-order valence-corrected chi connectivity index (χ4v) is 3.07. The lowest BCUT2D eigenvalue weighted by Crippen LogP contribution is -1.92. The molecule has 17 heavy (non-hydrogen) atoms. The molecule has 1 aromatic carbocycles. The van der Waals surface area contributed by atoms with Crippen molar-refractivity contribution >= 4 is 38.2 Å². The zero-order chi connectivity index (χ0) is 11.7. The number of nitrogens with one attached hydrogen (secondary N) is 1. The van der Waals surface area contributed by atoms with Crippen LogP contribution in [0.5, 0.6) is 5.75 Å². The molecule has 0 saturated carbocycles. The van der Waals surface area contributed by atoms with Crippen LogP contribution in [0.2, 0.25) is 0 Å². The lowest BCUT2D eigenvalue weighted by atomic mass is 10.2. The van der Waals surface area contributed by atoms with Gasteiger partial charge < -0.3 is 9.72 Å². The summed E-state index contributed by atoms with van der Waals surface area (Å²) in [5, 5.41) is 3.24. The molecule has 0 aliphatic heterocycles. The van der Waals surface area contributed by atoms with Gasteiger partial charge in [-0.2, -0.15) is 0 Å². The normalized spacial score (nSPS) is 10.9. The van der Waals surface area contributed by atoms with E-state index in [-0.39, 0.29) is 0 Å². The molecule has 0 fully saturated rings. The van der Waals surface area contributed by atoms with Crippen LogP contribution in [0.25, 0.3) is 10.9 Å². The monoisotopic (exact) mass is 307 g/mol. The number of rotatable bonds is 3. The molecule has 0 aliphatic rings. The van der Waals surface area contributed by atoms with Crippen molar-refractivity contribution in [1.29, 1.82) is 0 Å². The predicted octanol–water partition coefficient (Wildman–Crippen LogP) is 4.57. The Morgan fingerprint density at radius 2 is 2.18 bits per heavy atom. The molecule has 0 atom stereocenters. The molecule has 1 N–H and O–H groups in total. The molecule has 86 valence electrons. The van der Waals surface area contributed by atoms with Crippen LogP contribution in [0, 0.1) is 0 Å². The highest BCUT2D eigenvalue weighted by molar-refractivity contribution is 9.10. The van der Waals surface area contributed by atoms with Crippen LogP contribution in [0.1, 0.15) is 4.88 Å². The van der Waals surface area contributed by atoms with E-state index in [0.29, 0.717) is 6.61 Å². The Labute approximate surface area is 111 Å². The molecule has 0 radical (unpaired) electrons. The molecule has 0 spiro atoms. The summed E-state index contributed by atoms with van der Waals surface area (Å²) in [5.74, 6) is 0.904. The van der Waals surface area contributed by atoms with Gasteiger partial charge in [-0.1, -0.05) is 0 Å². The van der Waals surface area contributed by atoms with Crippen molar-refractivity contribution in [2.75, 3.05) is 0 Å². The summed E-state index contributed by atoms with van der Waals surface area (Å²) < 4.78 is 6.87. The standard InChI is InChI=1S/C13H10BrNOS/c14-10-6-12(17-8-10)7-16-11-1-2-13-9(5-11)3-4-15-13/h1-6,8,15H,7H2. The second kappa shape index (κ2) is 4.55. The van der Waals surface area contributed by atoms with Crippen molar-refractivity contribution in [3.63, 3.8) is 0 Å². The quantitative estimate of drug-likeness (QED) is 0.753. The van der Waals surface area contributed by atoms with Gasteiger partial charge in [-0.15, -0.1) is 11.3 Å². The molecule has 0 amide bonds. The molecule has 3 aromatic rings. The minimum atomic E-state index is 0.617. The molecule has 0 bridgehead atoms. The van der Waals surface area contributed by atoms with Crippen LogP contribution in [0.4, 0.5) is 0 Å². The SMILES string of the molecule is Brc1csc(COc2ccc3[nH]ccc3c2)c1. The largest absolute Gasteiger partial charge is 0.488 e. The number of H-pyrrole nitrogens is 1. The summed E-state index contributed by atoms with van der Waals surface area (Å²) >= 11 is 5.13. The van der Waals surface area contributed by atoms with Crippen molar-refractivity contribution < 1.29 is 4.74 Å². The first-order valence-corrected chi connectivity index (χ1v) is 6.91. The van der Waals surface area contributed by atoms with Gasteiger partial charge in [0.15, 0.2) is 0 Å². The zero-order valence-corrected chi connectivity index (χ0v) is 11.3. The van der Waals surface area contributed by atoms with Gasteiger partial charge in [-0.25, -0.2) is 0 Å². The summed E-state index contributed by atoms with van der Waals surface area (Å²) in [5.41, 5.74) is 1.14. The van der Waals surface area contributed by atoms with E-state index in [1.807, 2.05) is 24.4 Å². The summed E-state index contributed by atoms with van der Waals surface area (Å²) in [6.07, 6.45) is 1.94. The first-order chi connectivity index (χ1) is 8.31. The zero-order valence-electron chi connectivity index (χ0n) is 8.94. The number of hydrogen-bond donors (Lipinski definition) is 1. The third kappa shape index (κ3) is 2.37. The average Bonchev–Trinajstić information content (AvgIpc) is 2.94. The van der Waals surface area contributed by atoms with Gasteiger partial charge in [0.05, 0.1) is 0 Å². The van der Waals surface area contributed by atoms with Gasteiger partial charge >= 0.3 is 0 Å². The molecule has 0 saturated heterocycles. The minimum absolute atomic E-state index is 0.617. The molecule has 2 nitrogen and oxygen atoms in total. The van der Waals surface area contributed by atoms with Crippen LogP contribution in [-0.4, -0.2) is 4.98 Å². The molecule has 2 aromatic heterocycles. The summed E-state index contributed by atoms with van der Waals surface area (Å²) in [7, 11) is 0. The third-order valence-corrected chi connectivity index (χ3v) is 4.20. The van der Waals surface area contributed by atoms with Crippen LogP contribution in [0.3, 0.4) is 0 Å². The van der Waals surface area contributed by atoms with E-state index in [9.17, 15) is 0 Å². The average molecular weight is 308 g/mol. The van der Waals surface area contributed by atoms with Gasteiger partial charge in [0, 0.05) is 31.8 Å². The fraction of sp³-hybridized carbons (Fsp3) is 0.0769. The van der Waals surface area contributed by atoms with Crippen molar-refractivity contribution in [3.05, 3.63) is 51.3 Å². The highest BCUT2D eigenvalue weighted by Crippen LogP contribution is 2.23. The second-order valence-electron chi connectivity index (χ2n) is 3.75. The van der Waals surface area contributed by atoms with Gasteiger partial charge in [0.25, 0.3) is 0 Å². The van der Waals surface area contributed by atoms with E-state index < -0.39 is 0 Å². The highest BCUT2D eigenvalue weighted by atomic mass is 79.9. The maximum absolute atomic E-state index is 5.76. The molecule has 0 unspecified atom stereocenters. The predicted molar refractivity (Wildman–Crippen MR) is 74.6 cm³/mol. The van der Waals surface area contributed by atoms with E-state index in [4.69, 9.17) is 4.74 Å². The van der Waals surface area contributed by atoms with E-state index in [1.54, 1.807) is 11.3 Å². The highest BCUT2D eigenvalue weighted by Gasteiger charge is 2.01. The van der Waals surface area contributed by atoms with E-state index in [1.165, 1.54) is 10.3 Å². The number of ether oxygens (including phenoxy) is 1. The van der Waals surface area contributed by atoms with Crippen molar-refractivity contribution in [2.24, 2.45) is 0 Å². The van der Waals surface area contributed by atoms with Crippen LogP contribution >= 0.6 is 27.3 Å². The number of benzene rings is 1. The summed E-state index contributed by atoms with van der Waals surface area (Å²) in [4.78, 5) is 4.38. The molecule has 2 heterocycles. The smallest absolute Gasteiger partial charge is 0.122 e. The Kier molecular flexibility index (Phi) is 2.91. The Hall–Kier alpha value is -1.26. The molecule has 3 rings (SSSR count). The van der Waals surface area contributed by atoms with Crippen LogP contribution in [-0.2, 0) is 6.61 Å². The number of halogens is 1. The van der Waals surface area contributed by atoms with Gasteiger partial charge in [-0.05, 0) is 46.3 Å². The van der Waals surface area contributed by atoms with Crippen LogP contribution < -0.4 is 4.74 Å². The van der Waals surface area contributed by atoms with E-state index in [0.717, 1.165) is 15.7 Å². The lowest BCUT2D eigenvalue weighted by Gasteiger charge is -2.04. The number of thiophene rings is 1. The molecular weight excluding hydrogens is 298 g/mol. The number of fused-ring (bicyclic) bond motifs is 1. The van der Waals surface area contributed by atoms with Gasteiger partial charge in [0.1, 0.15) is 12.4 Å². The summed E-state index contributed by atoms with van der Waals surface area (Å²) in [6.45, 7) is 0.617. The maximum Gasteiger partial charge on any atom is 0.122 e. The van der Waals surface area contributed by atoms with Gasteiger partial charge in [-0.3, -0.25) is 0 Å². The lowest BCUT2D eigenvalue weighted by molar-refractivity contribution is 0.310. The fourth-order valence-electron chi connectivity index (χ4n) is 1.71. The minimum Gasteiger partial charge on any atom is -0.488 e. The molecule has 0 aliphatic carbocycles. The number of aromatic amines is 1. The van der Waals surface area contributed by atoms with Crippen molar-refractivity contribution in [3.8, 4) is 5.75 Å². The molecular formula is C13H10BrNOS. The number of aromatic nitrogens is 1. The van der Waals surface area contributed by atoms with E-state index in [2.05, 4.69) is 38.4 Å². The molecule has 4 heteroatoms. The second-order valence-corrected chi connectivity index (χ2v) is 5.66.